The zero-order chi connectivity index (χ0) is 14.5. The van der Waals surface area contributed by atoms with Crippen molar-refractivity contribution in [3.05, 3.63) is 17.3 Å². The molecule has 0 atom stereocenters. The summed E-state index contributed by atoms with van der Waals surface area (Å²) in [5.74, 6) is 3.08. The highest BCUT2D eigenvalue weighted by Crippen LogP contribution is 2.28. The Labute approximate surface area is 136 Å². The van der Waals surface area contributed by atoms with Crippen LogP contribution in [-0.4, -0.2) is 29.0 Å². The second-order valence-electron chi connectivity index (χ2n) is 4.79. The topological polar surface area (TPSA) is 61.6 Å². The maximum atomic E-state index is 8.93. The second-order valence-corrected chi connectivity index (χ2v) is 5.92. The Bertz CT molecular complexity index is 539. The quantitative estimate of drug-likeness (QED) is 0.388. The molecule has 1 saturated heterocycles. The maximum Gasteiger partial charge on any atom is 0.268 e. The molecular weight excluding hydrogens is 303 g/mol. The summed E-state index contributed by atoms with van der Waals surface area (Å²) < 4.78 is 0. The van der Waals surface area contributed by atoms with Crippen LogP contribution in [-0.2, 0) is 0 Å². The first kappa shape index (κ1) is 17.9. The van der Waals surface area contributed by atoms with Crippen molar-refractivity contribution >= 4 is 42.0 Å². The molecule has 0 saturated carbocycles. The number of hydrogen-bond acceptors (Lipinski definition) is 5. The van der Waals surface area contributed by atoms with Crippen LogP contribution in [0.3, 0.4) is 0 Å². The molecule has 1 aromatic heterocycles. The molecule has 0 bridgehead atoms. The van der Waals surface area contributed by atoms with Crippen molar-refractivity contribution in [2.45, 2.75) is 44.1 Å². The molecule has 0 radical (unpaired) electrons. The molecule has 1 aliphatic heterocycles. The molecule has 0 aromatic carbocycles. The number of aromatic nitrogens is 2. The molecule has 0 spiro atoms. The molecule has 1 aliphatic rings. The van der Waals surface area contributed by atoms with E-state index in [4.69, 9.17) is 16.9 Å². The Kier molecular flexibility index (Phi) is 7.06. The van der Waals surface area contributed by atoms with Crippen molar-refractivity contribution < 1.29 is 0 Å². The van der Waals surface area contributed by atoms with E-state index in [2.05, 4.69) is 27.8 Å². The maximum absolute atomic E-state index is 8.93. The Morgan fingerprint density at radius 3 is 2.67 bits per heavy atom. The van der Waals surface area contributed by atoms with Gasteiger partial charge in [0.2, 0.25) is 0 Å². The van der Waals surface area contributed by atoms with Gasteiger partial charge in [-0.05, 0) is 19.1 Å². The molecule has 0 unspecified atom stereocenters. The summed E-state index contributed by atoms with van der Waals surface area (Å²) >= 11 is 7.62. The summed E-state index contributed by atoms with van der Waals surface area (Å²) in [7, 11) is 0. The Balaban J connectivity index is 0.00000220. The second kappa shape index (κ2) is 8.30. The third-order valence-corrected chi connectivity index (χ3v) is 4.35. The van der Waals surface area contributed by atoms with E-state index in [1.165, 1.54) is 11.8 Å². The SMILES string of the molecule is C.C=Cc1c(Cl)nc(SC)nc1NC1CCB(C#N)CC1. The third kappa shape index (κ3) is 4.39. The number of rotatable bonds is 4. The molecule has 21 heavy (non-hydrogen) atoms. The average Bonchev–Trinajstić information content (AvgIpc) is 2.47. The summed E-state index contributed by atoms with van der Waals surface area (Å²) in [4.78, 5) is 8.68. The van der Waals surface area contributed by atoms with Crippen LogP contribution < -0.4 is 5.32 Å². The number of thioether (sulfide) groups is 1. The summed E-state index contributed by atoms with van der Waals surface area (Å²) in [5.41, 5.74) is 0.742. The summed E-state index contributed by atoms with van der Waals surface area (Å²) in [6, 6.07) is 0.332. The zero-order valence-corrected chi connectivity index (χ0v) is 13.0. The third-order valence-electron chi connectivity index (χ3n) is 3.52. The molecular formula is C14H20BClN4S. The van der Waals surface area contributed by atoms with Crippen LogP contribution in [0, 0.1) is 11.2 Å². The van der Waals surface area contributed by atoms with Crippen molar-refractivity contribution in [3.63, 3.8) is 0 Å². The minimum Gasteiger partial charge on any atom is -0.367 e. The first-order valence-corrected chi connectivity index (χ1v) is 8.18. The molecule has 0 amide bonds. The molecule has 1 fully saturated rings. The van der Waals surface area contributed by atoms with Gasteiger partial charge in [0.1, 0.15) is 11.0 Å². The fourth-order valence-corrected chi connectivity index (χ4v) is 3.03. The molecule has 1 aromatic rings. The Morgan fingerprint density at radius 2 is 2.14 bits per heavy atom. The van der Waals surface area contributed by atoms with E-state index in [0.29, 0.717) is 16.4 Å². The highest BCUT2D eigenvalue weighted by Gasteiger charge is 2.25. The lowest BCUT2D eigenvalue weighted by atomic mass is 9.42. The average molecular weight is 323 g/mol. The molecule has 112 valence electrons. The molecule has 0 aliphatic carbocycles. The largest absolute Gasteiger partial charge is 0.367 e. The van der Waals surface area contributed by atoms with Crippen LogP contribution in [0.15, 0.2) is 11.7 Å². The van der Waals surface area contributed by atoms with E-state index < -0.39 is 0 Å². The van der Waals surface area contributed by atoms with Gasteiger partial charge in [-0.1, -0.05) is 56.1 Å². The molecule has 2 heterocycles. The van der Waals surface area contributed by atoms with Crippen LogP contribution in [0.1, 0.15) is 25.8 Å². The molecule has 7 heteroatoms. The van der Waals surface area contributed by atoms with Crippen LogP contribution in [0.25, 0.3) is 6.08 Å². The first-order chi connectivity index (χ1) is 9.67. The van der Waals surface area contributed by atoms with Crippen molar-refractivity contribution in [1.82, 2.24) is 9.97 Å². The van der Waals surface area contributed by atoms with Crippen molar-refractivity contribution in [2.75, 3.05) is 11.6 Å². The Morgan fingerprint density at radius 1 is 1.48 bits per heavy atom. The first-order valence-electron chi connectivity index (χ1n) is 6.58. The van der Waals surface area contributed by atoms with Crippen LogP contribution in [0.4, 0.5) is 5.82 Å². The van der Waals surface area contributed by atoms with Crippen molar-refractivity contribution in [3.8, 4) is 5.97 Å². The van der Waals surface area contributed by atoms with Crippen molar-refractivity contribution in [2.24, 2.45) is 0 Å². The summed E-state index contributed by atoms with van der Waals surface area (Å²) in [6.07, 6.45) is 7.42. The Hall–Kier alpha value is -1.19. The van der Waals surface area contributed by atoms with E-state index in [9.17, 15) is 0 Å². The lowest BCUT2D eigenvalue weighted by Gasteiger charge is -2.25. The number of hydrogen-bond donors (Lipinski definition) is 1. The molecule has 1 N–H and O–H groups in total. The van der Waals surface area contributed by atoms with E-state index in [1.54, 1.807) is 6.08 Å². The highest BCUT2D eigenvalue weighted by molar-refractivity contribution is 7.98. The molecule has 2 rings (SSSR count). The zero-order valence-electron chi connectivity index (χ0n) is 11.4. The van der Waals surface area contributed by atoms with Gasteiger partial charge in [0.15, 0.2) is 5.16 Å². The highest BCUT2D eigenvalue weighted by atomic mass is 35.5. The monoisotopic (exact) mass is 322 g/mol. The minimum atomic E-state index is 0. The number of halogens is 1. The van der Waals surface area contributed by atoms with Gasteiger partial charge >= 0.3 is 0 Å². The van der Waals surface area contributed by atoms with Crippen LogP contribution >= 0.6 is 23.4 Å². The predicted octanol–water partition coefficient (Wildman–Crippen LogP) is 4.26. The number of nitriles is 1. The minimum absolute atomic E-state index is 0. The lowest BCUT2D eigenvalue weighted by Crippen LogP contribution is -2.29. The predicted molar refractivity (Wildman–Crippen MR) is 93.3 cm³/mol. The summed E-state index contributed by atoms with van der Waals surface area (Å²) in [5, 5.41) is 13.4. The fraction of sp³-hybridized carbons (Fsp3) is 0.500. The van der Waals surface area contributed by atoms with Gasteiger partial charge in [0.05, 0.1) is 5.56 Å². The number of nitrogens with one attached hydrogen (secondary N) is 1. The van der Waals surface area contributed by atoms with Crippen LogP contribution in [0.2, 0.25) is 17.8 Å². The van der Waals surface area contributed by atoms with E-state index in [1.807, 2.05) is 6.26 Å². The van der Waals surface area contributed by atoms with Gasteiger partial charge in [-0.2, -0.15) is 0 Å². The van der Waals surface area contributed by atoms with Crippen molar-refractivity contribution in [1.29, 1.82) is 5.26 Å². The van der Waals surface area contributed by atoms with Gasteiger partial charge in [-0.25, -0.2) is 15.2 Å². The number of anilines is 1. The van der Waals surface area contributed by atoms with Gasteiger partial charge in [-0.3, -0.25) is 0 Å². The van der Waals surface area contributed by atoms with E-state index in [-0.39, 0.29) is 14.1 Å². The van der Waals surface area contributed by atoms with Gasteiger partial charge in [0.25, 0.3) is 6.71 Å². The number of nitrogens with zero attached hydrogens (tertiary/aromatic N) is 3. The smallest absolute Gasteiger partial charge is 0.268 e. The lowest BCUT2D eigenvalue weighted by molar-refractivity contribution is 0.635. The van der Waals surface area contributed by atoms with Gasteiger partial charge < -0.3 is 5.32 Å². The van der Waals surface area contributed by atoms with Gasteiger partial charge in [0, 0.05) is 12.0 Å². The summed E-state index contributed by atoms with van der Waals surface area (Å²) in [6.45, 7) is 3.97. The normalized spacial score (nSPS) is 15.0. The standard InChI is InChI=1S/C13H16BClN4S.CH4/c1-3-10-11(15)18-13(20-2)19-12(10)17-9-4-6-14(8-16)7-5-9;/h3,9H,1,4-7H2,2H3,(H,17,18,19);1H4. The van der Waals surface area contributed by atoms with Gasteiger partial charge in [-0.15, -0.1) is 0 Å². The van der Waals surface area contributed by atoms with Crippen LogP contribution in [0.5, 0.6) is 0 Å². The fourth-order valence-electron chi connectivity index (χ4n) is 2.37. The van der Waals surface area contributed by atoms with E-state index >= 15 is 0 Å². The molecule has 4 nitrogen and oxygen atoms in total. The van der Waals surface area contributed by atoms with E-state index in [0.717, 1.165) is 36.9 Å².